The third-order valence-electron chi connectivity index (χ3n) is 8.51. The number of carboxylic acid groups (broad SMARTS) is 2. The number of hydrogen-bond donors (Lipinski definition) is 4. The summed E-state index contributed by atoms with van der Waals surface area (Å²) in [6.45, 7) is 17.1. The van der Waals surface area contributed by atoms with Crippen molar-refractivity contribution in [3.63, 3.8) is 0 Å². The van der Waals surface area contributed by atoms with E-state index in [-0.39, 0.29) is 25.7 Å². The van der Waals surface area contributed by atoms with Crippen molar-refractivity contribution in [2.24, 2.45) is 11.8 Å². The number of rotatable bonds is 30. The van der Waals surface area contributed by atoms with Crippen LogP contribution in [0.5, 0.6) is 0 Å². The van der Waals surface area contributed by atoms with Crippen LogP contribution in [0.1, 0.15) is 144 Å². The van der Waals surface area contributed by atoms with Gasteiger partial charge >= 0.3 is 23.9 Å². The minimum atomic E-state index is -1.02. The molecule has 2 aromatic heterocycles. The van der Waals surface area contributed by atoms with E-state index in [0.717, 1.165) is 95.5 Å². The van der Waals surface area contributed by atoms with Gasteiger partial charge in [-0.15, -0.1) is 22.7 Å². The van der Waals surface area contributed by atoms with Crippen LogP contribution in [-0.4, -0.2) is 70.4 Å². The Hall–Kier alpha value is -3.36. The Labute approximate surface area is 397 Å². The molecule has 0 unspecified atom stereocenters. The molecule has 0 aliphatic heterocycles. The lowest BCUT2D eigenvalue weighted by molar-refractivity contribution is -0.141. The first-order valence-electron chi connectivity index (χ1n) is 22.4. The highest BCUT2D eigenvalue weighted by atomic mass is 32.2. The van der Waals surface area contributed by atoms with Gasteiger partial charge in [0.25, 0.3) is 0 Å². The van der Waals surface area contributed by atoms with E-state index in [1.807, 2.05) is 48.5 Å². The van der Waals surface area contributed by atoms with E-state index in [1.165, 1.54) is 86.9 Å². The molecule has 0 saturated heterocycles. The maximum absolute atomic E-state index is 11.2. The summed E-state index contributed by atoms with van der Waals surface area (Å²) >= 11 is 4.59. The predicted octanol–water partition coefficient (Wildman–Crippen LogP) is 12.5. The standard InChI is InChI=1S/2C12H27NO.2C11H9NO4S2/c2*1-4-10-13-14-11-8-6-5-7-9-12(2)3;2*13-9(14)5-6-10(15)16-18-11-12-7-3-1-2-4-8(7)17-11/h2*12-13H,4-11H2,1-3H3;2*1-4H,5-6H2,(H,13,14). The van der Waals surface area contributed by atoms with Crippen molar-refractivity contribution >= 4 is 91.1 Å². The van der Waals surface area contributed by atoms with E-state index < -0.39 is 23.9 Å². The number of thiazole rings is 2. The van der Waals surface area contributed by atoms with Crippen LogP contribution in [0.25, 0.3) is 20.4 Å². The SMILES string of the molecule is CCCNOCCCCCCC(C)C.CCCNOCCCCCCC(C)C.O=C(O)CCC(=O)OSc1nc2ccccc2s1.O=C(O)CCC(=O)OSc1nc2ccccc2s1. The van der Waals surface area contributed by atoms with Gasteiger partial charge in [0.15, 0.2) is 8.68 Å². The summed E-state index contributed by atoms with van der Waals surface area (Å²) in [6.07, 6.45) is 14.8. The average molecular weight is 969 g/mol. The first-order chi connectivity index (χ1) is 30.8. The number of carbonyl (C=O) groups is 4. The van der Waals surface area contributed by atoms with Gasteiger partial charge in [-0.25, -0.2) is 20.9 Å². The molecule has 360 valence electrons. The van der Waals surface area contributed by atoms with Crippen molar-refractivity contribution in [3.05, 3.63) is 48.5 Å². The number of hydroxylamine groups is 2. The fourth-order valence-corrected chi connectivity index (χ4v) is 8.27. The van der Waals surface area contributed by atoms with E-state index in [0.29, 0.717) is 8.68 Å². The Bertz CT molecular complexity index is 1630. The van der Waals surface area contributed by atoms with Gasteiger partial charge in [0, 0.05) is 13.1 Å². The second-order valence-corrected chi connectivity index (χ2v) is 19.5. The van der Waals surface area contributed by atoms with Gasteiger partial charge in [-0.2, -0.15) is 0 Å². The molecule has 0 bridgehead atoms. The van der Waals surface area contributed by atoms with E-state index in [4.69, 9.17) is 28.3 Å². The van der Waals surface area contributed by atoms with Crippen LogP contribution < -0.4 is 11.0 Å². The van der Waals surface area contributed by atoms with Gasteiger partial charge in [-0.1, -0.05) is 117 Å². The van der Waals surface area contributed by atoms with Gasteiger partial charge in [0.2, 0.25) is 0 Å². The zero-order chi connectivity index (χ0) is 47.2. The molecule has 4 aromatic rings. The normalized spacial score (nSPS) is 10.8. The van der Waals surface area contributed by atoms with E-state index in [1.54, 1.807) is 0 Å². The maximum atomic E-state index is 11.2. The van der Waals surface area contributed by atoms with Crippen LogP contribution >= 0.6 is 46.8 Å². The smallest absolute Gasteiger partial charge is 0.318 e. The fraction of sp³-hybridized carbons (Fsp3) is 0.609. The van der Waals surface area contributed by atoms with Crippen LogP contribution in [0.3, 0.4) is 0 Å². The number of hydrogen-bond acceptors (Lipinski definition) is 16. The first kappa shape index (κ1) is 58.7. The molecule has 0 saturated carbocycles. The number of para-hydroxylation sites is 2. The van der Waals surface area contributed by atoms with Crippen molar-refractivity contribution in [2.45, 2.75) is 153 Å². The Morgan fingerprint density at radius 2 is 0.953 bits per heavy atom. The molecule has 14 nitrogen and oxygen atoms in total. The van der Waals surface area contributed by atoms with E-state index in [9.17, 15) is 19.2 Å². The van der Waals surface area contributed by atoms with Gasteiger partial charge in [0.1, 0.15) is 24.1 Å². The summed E-state index contributed by atoms with van der Waals surface area (Å²) < 4.78 is 13.0. The predicted molar refractivity (Wildman–Crippen MR) is 261 cm³/mol. The van der Waals surface area contributed by atoms with Crippen LogP contribution in [0.4, 0.5) is 0 Å². The zero-order valence-electron chi connectivity index (χ0n) is 38.6. The number of benzene rings is 2. The molecular weight excluding hydrogens is 897 g/mol. The molecular formula is C46H72N4O10S4. The highest BCUT2D eigenvalue weighted by molar-refractivity contribution is 7.97. The molecule has 64 heavy (non-hydrogen) atoms. The molecule has 4 rings (SSSR count). The topological polar surface area (TPSA) is 195 Å². The zero-order valence-corrected chi connectivity index (χ0v) is 41.9. The second-order valence-electron chi connectivity index (χ2n) is 15.4. The Morgan fingerprint density at radius 1 is 0.578 bits per heavy atom. The van der Waals surface area contributed by atoms with Crippen LogP contribution in [0, 0.1) is 11.8 Å². The van der Waals surface area contributed by atoms with Gasteiger partial charge in [-0.3, -0.25) is 19.2 Å². The number of carboxylic acids is 2. The Kier molecular flexibility index (Phi) is 35.6. The van der Waals surface area contributed by atoms with E-state index >= 15 is 0 Å². The van der Waals surface area contributed by atoms with Crippen molar-refractivity contribution < 1.29 is 47.4 Å². The number of aromatic nitrogens is 2. The molecule has 0 radical (unpaired) electrons. The lowest BCUT2D eigenvalue weighted by Gasteiger charge is -2.05. The lowest BCUT2D eigenvalue weighted by Crippen LogP contribution is -2.15. The molecule has 0 aliphatic rings. The number of nitrogens with zero attached hydrogens (tertiary/aromatic N) is 2. The van der Waals surface area contributed by atoms with Crippen LogP contribution in [0.2, 0.25) is 0 Å². The third-order valence-corrected chi connectivity index (χ3v) is 12.1. The van der Waals surface area contributed by atoms with Gasteiger partial charge in [0.05, 0.1) is 59.3 Å². The highest BCUT2D eigenvalue weighted by Crippen LogP contribution is 2.31. The summed E-state index contributed by atoms with van der Waals surface area (Å²) in [4.78, 5) is 62.0. The molecule has 2 aromatic carbocycles. The number of fused-ring (bicyclic) bond motifs is 2. The van der Waals surface area contributed by atoms with Gasteiger partial charge < -0.3 is 28.3 Å². The summed E-state index contributed by atoms with van der Waals surface area (Å²) in [6, 6.07) is 15.2. The van der Waals surface area contributed by atoms with Gasteiger partial charge in [-0.05, 0) is 61.8 Å². The number of carbonyl (C=O) groups excluding carboxylic acids is 2. The minimum absolute atomic E-state index is 0.132. The number of aliphatic carboxylic acids is 2. The lowest BCUT2D eigenvalue weighted by atomic mass is 10.0. The largest absolute Gasteiger partial charge is 0.481 e. The molecule has 0 atom stereocenters. The fourth-order valence-electron chi connectivity index (χ4n) is 5.09. The second kappa shape index (κ2) is 38.9. The molecule has 0 amide bonds. The molecule has 0 spiro atoms. The number of unbranched alkanes of at least 4 members (excludes halogenated alkanes) is 6. The summed E-state index contributed by atoms with van der Waals surface area (Å²) in [5.74, 6) is -1.42. The monoisotopic (exact) mass is 968 g/mol. The summed E-state index contributed by atoms with van der Waals surface area (Å²) in [7, 11) is 0. The summed E-state index contributed by atoms with van der Waals surface area (Å²) in [5, 5.41) is 16.8. The van der Waals surface area contributed by atoms with Crippen molar-refractivity contribution in [1.29, 1.82) is 0 Å². The first-order valence-corrected chi connectivity index (χ1v) is 25.5. The van der Waals surface area contributed by atoms with Crippen molar-refractivity contribution in [3.8, 4) is 0 Å². The minimum Gasteiger partial charge on any atom is -0.481 e. The molecule has 4 N–H and O–H groups in total. The molecule has 0 aliphatic carbocycles. The summed E-state index contributed by atoms with van der Waals surface area (Å²) in [5.41, 5.74) is 7.60. The number of nitrogens with one attached hydrogen (secondary N) is 2. The molecule has 18 heteroatoms. The van der Waals surface area contributed by atoms with Crippen LogP contribution in [-0.2, 0) is 37.2 Å². The Morgan fingerprint density at radius 3 is 1.30 bits per heavy atom. The maximum Gasteiger partial charge on any atom is 0.318 e. The van der Waals surface area contributed by atoms with Crippen LogP contribution in [0.15, 0.2) is 57.2 Å². The molecule has 2 heterocycles. The van der Waals surface area contributed by atoms with Crippen molar-refractivity contribution in [1.82, 2.24) is 20.9 Å². The third kappa shape index (κ3) is 33.2. The van der Waals surface area contributed by atoms with E-state index in [2.05, 4.69) is 62.5 Å². The highest BCUT2D eigenvalue weighted by Gasteiger charge is 2.12. The molecule has 0 fully saturated rings. The van der Waals surface area contributed by atoms with Crippen molar-refractivity contribution in [2.75, 3.05) is 26.3 Å². The average Bonchev–Trinajstić information content (AvgIpc) is 3.89. The Balaban J connectivity index is 0.000000431. The quantitative estimate of drug-likeness (QED) is 0.0219.